The molecule has 0 aliphatic heterocycles. The average molecular weight is 269 g/mol. The van der Waals surface area contributed by atoms with Crippen LogP contribution in [0.15, 0.2) is 18.2 Å². The fourth-order valence-corrected chi connectivity index (χ4v) is 1.85. The monoisotopic (exact) mass is 269 g/mol. The summed E-state index contributed by atoms with van der Waals surface area (Å²) in [4.78, 5) is 0. The van der Waals surface area contributed by atoms with E-state index >= 15 is 0 Å². The summed E-state index contributed by atoms with van der Waals surface area (Å²) in [5.74, 6) is 2.84. The third-order valence-corrected chi connectivity index (χ3v) is 3.13. The van der Waals surface area contributed by atoms with Crippen molar-refractivity contribution in [3.63, 3.8) is 0 Å². The van der Waals surface area contributed by atoms with Crippen LogP contribution in [0.4, 0.5) is 0 Å². The molecule has 0 bridgehead atoms. The van der Waals surface area contributed by atoms with Crippen molar-refractivity contribution in [3.05, 3.63) is 23.8 Å². The van der Waals surface area contributed by atoms with Crippen molar-refractivity contribution in [2.75, 3.05) is 32.3 Å². The molecule has 102 valence electrons. The Hall–Kier alpha value is -0.870. The van der Waals surface area contributed by atoms with Crippen LogP contribution in [-0.4, -0.2) is 32.3 Å². The number of methoxy groups -OCH3 is 1. The highest BCUT2D eigenvalue weighted by molar-refractivity contribution is 7.98. The molecule has 0 aliphatic rings. The molecule has 0 saturated carbocycles. The van der Waals surface area contributed by atoms with E-state index in [0.717, 1.165) is 48.9 Å². The fourth-order valence-electron chi connectivity index (χ4n) is 1.60. The Bertz CT molecular complexity index is 345. The topological polar surface area (TPSA) is 30.5 Å². The van der Waals surface area contributed by atoms with Gasteiger partial charge in [-0.2, -0.15) is 11.8 Å². The Morgan fingerprint density at radius 3 is 2.83 bits per heavy atom. The maximum atomic E-state index is 5.79. The first-order valence-electron chi connectivity index (χ1n) is 6.31. The minimum absolute atomic E-state index is 0.744. The molecule has 0 aromatic heterocycles. The van der Waals surface area contributed by atoms with E-state index in [1.807, 2.05) is 18.2 Å². The Labute approximate surface area is 114 Å². The summed E-state index contributed by atoms with van der Waals surface area (Å²) >= 11 is 1.79. The van der Waals surface area contributed by atoms with Crippen LogP contribution in [0.5, 0.6) is 11.5 Å². The molecular formula is C14H23NO2S. The first-order chi connectivity index (χ1) is 8.81. The van der Waals surface area contributed by atoms with Crippen molar-refractivity contribution in [2.45, 2.75) is 19.9 Å². The first kappa shape index (κ1) is 15.2. The number of rotatable bonds is 9. The summed E-state index contributed by atoms with van der Waals surface area (Å²) in [5, 5.41) is 3.39. The van der Waals surface area contributed by atoms with Crippen LogP contribution >= 0.6 is 11.8 Å². The molecule has 1 aromatic carbocycles. The number of nitrogens with one attached hydrogen (secondary N) is 1. The summed E-state index contributed by atoms with van der Waals surface area (Å²) in [6.07, 6.45) is 3.22. The van der Waals surface area contributed by atoms with E-state index in [9.17, 15) is 0 Å². The fraction of sp³-hybridized carbons (Fsp3) is 0.571. The molecule has 0 fully saturated rings. The lowest BCUT2D eigenvalue weighted by molar-refractivity contribution is 0.337. The number of hydrogen-bond acceptors (Lipinski definition) is 4. The lowest BCUT2D eigenvalue weighted by Crippen LogP contribution is -2.15. The predicted octanol–water partition coefficient (Wildman–Crippen LogP) is 2.94. The van der Waals surface area contributed by atoms with Crippen molar-refractivity contribution in [1.82, 2.24) is 5.32 Å². The van der Waals surface area contributed by atoms with Gasteiger partial charge >= 0.3 is 0 Å². The summed E-state index contributed by atoms with van der Waals surface area (Å²) in [6.45, 7) is 4.74. The molecule has 3 nitrogen and oxygen atoms in total. The van der Waals surface area contributed by atoms with Gasteiger partial charge in [-0.3, -0.25) is 0 Å². The van der Waals surface area contributed by atoms with Gasteiger partial charge in [0.1, 0.15) is 11.5 Å². The molecule has 1 rings (SSSR count). The third kappa shape index (κ3) is 5.19. The van der Waals surface area contributed by atoms with Crippen LogP contribution in [0.3, 0.4) is 0 Å². The average Bonchev–Trinajstić information content (AvgIpc) is 2.40. The highest BCUT2D eigenvalue weighted by Crippen LogP contribution is 2.24. The van der Waals surface area contributed by atoms with E-state index < -0.39 is 0 Å². The second kappa shape index (κ2) is 9.11. The minimum Gasteiger partial charge on any atom is -0.497 e. The second-order valence-corrected chi connectivity index (χ2v) is 4.98. The minimum atomic E-state index is 0.744. The standard InChI is InChI=1S/C14H23NO2S/c1-4-7-15-11-12-10-13(16-2)5-6-14(12)17-8-9-18-3/h5-6,10,15H,4,7-9,11H2,1-3H3. The quantitative estimate of drug-likeness (QED) is 0.698. The molecule has 0 spiro atoms. The van der Waals surface area contributed by atoms with Gasteiger partial charge in [-0.1, -0.05) is 6.92 Å². The molecule has 0 amide bonds. The van der Waals surface area contributed by atoms with Crippen molar-refractivity contribution < 1.29 is 9.47 Å². The third-order valence-electron chi connectivity index (χ3n) is 2.55. The highest BCUT2D eigenvalue weighted by Gasteiger charge is 2.05. The summed E-state index contributed by atoms with van der Waals surface area (Å²) in [6, 6.07) is 5.97. The molecular weight excluding hydrogens is 246 g/mol. The van der Waals surface area contributed by atoms with Crippen molar-refractivity contribution >= 4 is 11.8 Å². The molecule has 0 atom stereocenters. The molecule has 0 saturated heterocycles. The maximum Gasteiger partial charge on any atom is 0.124 e. The zero-order valence-electron chi connectivity index (χ0n) is 11.5. The summed E-state index contributed by atoms with van der Waals surface area (Å²) < 4.78 is 11.0. The Balaban J connectivity index is 2.66. The molecule has 4 heteroatoms. The molecule has 0 radical (unpaired) electrons. The van der Waals surface area contributed by atoms with E-state index in [1.165, 1.54) is 0 Å². The van der Waals surface area contributed by atoms with E-state index in [4.69, 9.17) is 9.47 Å². The smallest absolute Gasteiger partial charge is 0.124 e. The largest absolute Gasteiger partial charge is 0.497 e. The molecule has 1 N–H and O–H groups in total. The van der Waals surface area contributed by atoms with E-state index in [2.05, 4.69) is 18.5 Å². The van der Waals surface area contributed by atoms with Crippen LogP contribution in [0.1, 0.15) is 18.9 Å². The van der Waals surface area contributed by atoms with Gasteiger partial charge < -0.3 is 14.8 Å². The second-order valence-electron chi connectivity index (χ2n) is 3.99. The zero-order chi connectivity index (χ0) is 13.2. The molecule has 0 unspecified atom stereocenters. The van der Waals surface area contributed by atoms with E-state index in [1.54, 1.807) is 18.9 Å². The van der Waals surface area contributed by atoms with Gasteiger partial charge in [-0.05, 0) is 37.4 Å². The number of hydrogen-bond donors (Lipinski definition) is 1. The van der Waals surface area contributed by atoms with Crippen molar-refractivity contribution in [1.29, 1.82) is 0 Å². The lowest BCUT2D eigenvalue weighted by Gasteiger charge is -2.13. The van der Waals surface area contributed by atoms with Gasteiger partial charge in [0, 0.05) is 17.9 Å². The lowest BCUT2D eigenvalue weighted by atomic mass is 10.2. The predicted molar refractivity (Wildman–Crippen MR) is 78.9 cm³/mol. The van der Waals surface area contributed by atoms with Gasteiger partial charge in [0.2, 0.25) is 0 Å². The molecule has 18 heavy (non-hydrogen) atoms. The van der Waals surface area contributed by atoms with Crippen LogP contribution < -0.4 is 14.8 Å². The summed E-state index contributed by atoms with van der Waals surface area (Å²) in [5.41, 5.74) is 1.16. The summed E-state index contributed by atoms with van der Waals surface area (Å²) in [7, 11) is 1.69. The molecule has 1 aromatic rings. The number of benzene rings is 1. The Morgan fingerprint density at radius 1 is 1.33 bits per heavy atom. The Kier molecular flexibility index (Phi) is 7.69. The van der Waals surface area contributed by atoms with Gasteiger partial charge in [0.25, 0.3) is 0 Å². The van der Waals surface area contributed by atoms with Crippen molar-refractivity contribution in [2.24, 2.45) is 0 Å². The molecule has 0 aliphatic carbocycles. The van der Waals surface area contributed by atoms with Crippen LogP contribution in [-0.2, 0) is 6.54 Å². The number of thioether (sulfide) groups is 1. The van der Waals surface area contributed by atoms with Crippen molar-refractivity contribution in [3.8, 4) is 11.5 Å². The van der Waals surface area contributed by atoms with E-state index in [0.29, 0.717) is 0 Å². The molecule has 0 heterocycles. The zero-order valence-corrected chi connectivity index (χ0v) is 12.3. The highest BCUT2D eigenvalue weighted by atomic mass is 32.2. The first-order valence-corrected chi connectivity index (χ1v) is 7.70. The SMILES string of the molecule is CCCNCc1cc(OC)ccc1OCCSC. The number of ether oxygens (including phenoxy) is 2. The van der Waals surface area contributed by atoms with E-state index in [-0.39, 0.29) is 0 Å². The van der Waals surface area contributed by atoms with Crippen LogP contribution in [0.2, 0.25) is 0 Å². The normalized spacial score (nSPS) is 10.4. The van der Waals surface area contributed by atoms with Crippen LogP contribution in [0.25, 0.3) is 0 Å². The van der Waals surface area contributed by atoms with Gasteiger partial charge in [-0.15, -0.1) is 0 Å². The van der Waals surface area contributed by atoms with Gasteiger partial charge in [0.15, 0.2) is 0 Å². The maximum absolute atomic E-state index is 5.79. The van der Waals surface area contributed by atoms with Gasteiger partial charge in [-0.25, -0.2) is 0 Å². The van der Waals surface area contributed by atoms with Crippen LogP contribution in [0, 0.1) is 0 Å². The van der Waals surface area contributed by atoms with Gasteiger partial charge in [0.05, 0.1) is 13.7 Å². The Morgan fingerprint density at radius 2 is 2.17 bits per heavy atom.